The first kappa shape index (κ1) is 13.7. The van der Waals surface area contributed by atoms with Gasteiger partial charge in [-0.05, 0) is 25.8 Å². The van der Waals surface area contributed by atoms with Gasteiger partial charge in [-0.25, -0.2) is 0 Å². The van der Waals surface area contributed by atoms with Gasteiger partial charge in [0.15, 0.2) is 0 Å². The molecule has 0 amide bonds. The molecule has 0 bridgehead atoms. The van der Waals surface area contributed by atoms with E-state index in [1.807, 2.05) is 13.8 Å². The molecule has 0 unspecified atom stereocenters. The Morgan fingerprint density at radius 1 is 1.53 bits per heavy atom. The van der Waals surface area contributed by atoms with Crippen molar-refractivity contribution in [2.45, 2.75) is 39.7 Å². The van der Waals surface area contributed by atoms with Gasteiger partial charge in [-0.2, -0.15) is 0 Å². The Morgan fingerprint density at radius 2 is 2.12 bits per heavy atom. The summed E-state index contributed by atoms with van der Waals surface area (Å²) in [6.07, 6.45) is 2.92. The largest absolute Gasteiger partial charge is 0.311 e. The fourth-order valence-electron chi connectivity index (χ4n) is 1.66. The minimum Gasteiger partial charge on any atom is -0.275 e. The topological polar surface area (TPSA) is 59.3 Å². The van der Waals surface area contributed by atoms with Crippen molar-refractivity contribution >= 4 is 23.2 Å². The molecule has 0 aliphatic heterocycles. The van der Waals surface area contributed by atoms with Crippen LogP contribution in [0.15, 0.2) is 12.3 Å². The molecule has 0 N–H and O–H groups in total. The lowest BCUT2D eigenvalue weighted by atomic mass is 10.1. The second kappa shape index (κ2) is 5.82. The predicted octanol–water partition coefficient (Wildman–Crippen LogP) is 3.45. The van der Waals surface area contributed by atoms with Gasteiger partial charge in [0, 0.05) is 23.5 Å². The van der Waals surface area contributed by atoms with Gasteiger partial charge in [0.25, 0.3) is 0 Å². The van der Waals surface area contributed by atoms with E-state index in [1.165, 1.54) is 10.6 Å². The van der Waals surface area contributed by atoms with Crippen molar-refractivity contribution < 1.29 is 4.92 Å². The molecular formula is C11H16ClN3O2. The predicted molar refractivity (Wildman–Crippen MR) is 68.3 cm³/mol. The number of rotatable bonds is 5. The van der Waals surface area contributed by atoms with Gasteiger partial charge in [0.05, 0.1) is 4.92 Å². The molecule has 94 valence electrons. The third-order valence-corrected chi connectivity index (χ3v) is 3.15. The van der Waals surface area contributed by atoms with E-state index >= 15 is 0 Å². The van der Waals surface area contributed by atoms with Crippen molar-refractivity contribution in [2.75, 3.05) is 4.42 Å². The van der Waals surface area contributed by atoms with Gasteiger partial charge >= 0.3 is 5.69 Å². The van der Waals surface area contributed by atoms with Crippen molar-refractivity contribution in [2.24, 2.45) is 0 Å². The molecule has 1 heterocycles. The maximum absolute atomic E-state index is 10.9. The Bertz CT molecular complexity index is 408. The van der Waals surface area contributed by atoms with Crippen LogP contribution in [0.4, 0.5) is 11.4 Å². The highest BCUT2D eigenvalue weighted by atomic mass is 35.5. The maximum Gasteiger partial charge on any atom is 0.311 e. The monoisotopic (exact) mass is 257 g/mol. The van der Waals surface area contributed by atoms with Crippen molar-refractivity contribution in [1.82, 2.24) is 4.98 Å². The second-order valence-corrected chi connectivity index (χ2v) is 4.22. The summed E-state index contributed by atoms with van der Waals surface area (Å²) in [4.78, 5) is 14.4. The quantitative estimate of drug-likeness (QED) is 0.461. The first-order chi connectivity index (χ1) is 8.01. The molecule has 0 saturated heterocycles. The molecule has 17 heavy (non-hydrogen) atoms. The summed E-state index contributed by atoms with van der Waals surface area (Å²) < 4.78 is 1.45. The highest BCUT2D eigenvalue weighted by Gasteiger charge is 2.23. The summed E-state index contributed by atoms with van der Waals surface area (Å²) >= 11 is 6.19. The fourth-order valence-corrected chi connectivity index (χ4v) is 2.07. The number of hydrogen-bond acceptors (Lipinski definition) is 4. The van der Waals surface area contributed by atoms with Crippen molar-refractivity contribution in [3.8, 4) is 0 Å². The van der Waals surface area contributed by atoms with E-state index in [1.54, 1.807) is 13.0 Å². The third-order valence-electron chi connectivity index (χ3n) is 2.69. The molecular weight excluding hydrogens is 242 g/mol. The summed E-state index contributed by atoms with van der Waals surface area (Å²) in [6.45, 7) is 5.79. The lowest BCUT2D eigenvalue weighted by Gasteiger charge is -2.24. The van der Waals surface area contributed by atoms with Crippen LogP contribution in [0.3, 0.4) is 0 Å². The Hall–Kier alpha value is -1.36. The molecule has 1 rings (SSSR count). The van der Waals surface area contributed by atoms with E-state index in [-0.39, 0.29) is 11.7 Å². The van der Waals surface area contributed by atoms with Crippen LogP contribution in [0.2, 0.25) is 0 Å². The van der Waals surface area contributed by atoms with Crippen LogP contribution in [-0.4, -0.2) is 15.9 Å². The van der Waals surface area contributed by atoms with Crippen LogP contribution in [0.5, 0.6) is 0 Å². The van der Waals surface area contributed by atoms with Gasteiger partial charge in [-0.3, -0.25) is 19.5 Å². The molecule has 0 radical (unpaired) electrons. The Balaban J connectivity index is 3.18. The van der Waals surface area contributed by atoms with E-state index in [0.29, 0.717) is 11.4 Å². The second-order valence-electron chi connectivity index (χ2n) is 3.85. The van der Waals surface area contributed by atoms with Crippen molar-refractivity contribution in [3.05, 3.63) is 28.1 Å². The SMILES string of the molecule is CCC(CC)N(Cl)c1cc(C)ncc1[N+](=O)[O-]. The highest BCUT2D eigenvalue weighted by Crippen LogP contribution is 2.32. The molecule has 0 aliphatic carbocycles. The molecule has 0 spiro atoms. The maximum atomic E-state index is 10.9. The fraction of sp³-hybridized carbons (Fsp3) is 0.545. The van der Waals surface area contributed by atoms with Crippen molar-refractivity contribution in [3.63, 3.8) is 0 Å². The van der Waals surface area contributed by atoms with Crippen LogP contribution >= 0.6 is 11.8 Å². The van der Waals surface area contributed by atoms with E-state index < -0.39 is 4.92 Å². The summed E-state index contributed by atoms with van der Waals surface area (Å²) in [5.74, 6) is 0. The van der Waals surface area contributed by atoms with Crippen LogP contribution in [-0.2, 0) is 0 Å². The average molecular weight is 258 g/mol. The molecule has 5 nitrogen and oxygen atoms in total. The van der Waals surface area contributed by atoms with Crippen LogP contribution < -0.4 is 4.42 Å². The first-order valence-corrected chi connectivity index (χ1v) is 5.91. The molecule has 0 aliphatic rings. The minimum atomic E-state index is -0.459. The summed E-state index contributed by atoms with van der Waals surface area (Å²) in [5.41, 5.74) is 1.07. The van der Waals surface area contributed by atoms with E-state index in [2.05, 4.69) is 4.98 Å². The number of aromatic nitrogens is 1. The lowest BCUT2D eigenvalue weighted by Crippen LogP contribution is -2.26. The van der Waals surface area contributed by atoms with Gasteiger partial charge in [-0.15, -0.1) is 0 Å². The summed E-state index contributed by atoms with van der Waals surface area (Å²) in [7, 11) is 0. The molecule has 0 fully saturated rings. The van der Waals surface area contributed by atoms with Crippen molar-refractivity contribution in [1.29, 1.82) is 0 Å². The smallest absolute Gasteiger partial charge is 0.275 e. The summed E-state index contributed by atoms with van der Waals surface area (Å²) in [6, 6.07) is 1.72. The lowest BCUT2D eigenvalue weighted by molar-refractivity contribution is -0.384. The number of nitrogens with zero attached hydrogens (tertiary/aromatic N) is 3. The molecule has 6 heteroatoms. The Kier molecular flexibility index (Phi) is 4.69. The zero-order valence-electron chi connectivity index (χ0n) is 10.2. The number of hydrogen-bond donors (Lipinski definition) is 0. The number of pyridine rings is 1. The van der Waals surface area contributed by atoms with Gasteiger partial charge in [-0.1, -0.05) is 13.8 Å². The van der Waals surface area contributed by atoms with Gasteiger partial charge in [0.2, 0.25) is 0 Å². The standard InChI is InChI=1S/C11H16ClN3O2/c1-4-9(5-2)14(12)10-6-8(3)13-7-11(10)15(16)17/h6-7,9H,4-5H2,1-3H3. The molecule has 0 atom stereocenters. The van der Waals surface area contributed by atoms with E-state index in [9.17, 15) is 10.1 Å². The number of nitro groups is 1. The number of anilines is 1. The van der Waals surface area contributed by atoms with E-state index in [0.717, 1.165) is 12.8 Å². The Labute approximate surface area is 106 Å². The number of aryl methyl sites for hydroxylation is 1. The van der Waals surface area contributed by atoms with Crippen LogP contribution in [0, 0.1) is 17.0 Å². The normalized spacial score (nSPS) is 10.6. The molecule has 0 aromatic carbocycles. The molecule has 1 aromatic heterocycles. The zero-order valence-corrected chi connectivity index (χ0v) is 10.9. The summed E-state index contributed by atoms with van der Waals surface area (Å²) in [5, 5.41) is 10.9. The molecule has 0 saturated carbocycles. The van der Waals surface area contributed by atoms with Gasteiger partial charge in [0.1, 0.15) is 11.9 Å². The number of halogens is 1. The van der Waals surface area contributed by atoms with E-state index in [4.69, 9.17) is 11.8 Å². The van der Waals surface area contributed by atoms with Crippen LogP contribution in [0.25, 0.3) is 0 Å². The Morgan fingerprint density at radius 3 is 2.59 bits per heavy atom. The average Bonchev–Trinajstić information content (AvgIpc) is 2.29. The minimum absolute atomic E-state index is 0.0579. The van der Waals surface area contributed by atoms with Gasteiger partial charge < -0.3 is 0 Å². The third kappa shape index (κ3) is 3.06. The molecule has 1 aromatic rings. The zero-order chi connectivity index (χ0) is 13.0. The highest BCUT2D eigenvalue weighted by molar-refractivity contribution is 6.26. The van der Waals surface area contributed by atoms with Crippen LogP contribution in [0.1, 0.15) is 32.4 Å². The first-order valence-electron chi connectivity index (χ1n) is 5.57.